The number of hydrogen-bond donors (Lipinski definition) is 1. The lowest BCUT2D eigenvalue weighted by Gasteiger charge is -2.09. The molecule has 3 nitrogen and oxygen atoms in total. The Bertz CT molecular complexity index is 287. The summed E-state index contributed by atoms with van der Waals surface area (Å²) in [6.45, 7) is 0. The van der Waals surface area contributed by atoms with Crippen LogP contribution in [-0.2, 0) is 10.7 Å². The Balaban J connectivity index is 3.06. The van der Waals surface area contributed by atoms with Crippen LogP contribution >= 0.6 is 0 Å². The molecule has 64 valence electrons. The number of pyridine rings is 1. The quantitative estimate of drug-likeness (QED) is 0.732. The van der Waals surface area contributed by atoms with Crippen molar-refractivity contribution >= 4 is 5.97 Å². The van der Waals surface area contributed by atoms with Gasteiger partial charge in [-0.25, -0.2) is 4.79 Å². The summed E-state index contributed by atoms with van der Waals surface area (Å²) >= 11 is 0. The van der Waals surface area contributed by atoms with Crippen LogP contribution in [0, 0.1) is 0 Å². The zero-order valence-corrected chi connectivity index (χ0v) is 5.87. The number of halogens is 2. The minimum absolute atomic E-state index is 0.613. The van der Waals surface area contributed by atoms with E-state index in [1.807, 2.05) is 0 Å². The van der Waals surface area contributed by atoms with E-state index in [9.17, 15) is 13.6 Å². The van der Waals surface area contributed by atoms with Crippen LogP contribution in [0.2, 0.25) is 0 Å². The molecule has 0 aliphatic rings. The summed E-state index contributed by atoms with van der Waals surface area (Å²) in [5, 5.41) is 8.12. The Hall–Kier alpha value is -1.52. The molecule has 0 radical (unpaired) electrons. The van der Waals surface area contributed by atoms with Crippen LogP contribution in [0.4, 0.5) is 8.78 Å². The van der Waals surface area contributed by atoms with Crippen molar-refractivity contribution < 1.29 is 18.7 Å². The van der Waals surface area contributed by atoms with Crippen molar-refractivity contribution in [3.05, 3.63) is 30.1 Å². The summed E-state index contributed by atoms with van der Waals surface area (Å²) in [7, 11) is 0. The molecule has 1 aromatic heterocycles. The molecule has 1 rings (SSSR count). The van der Waals surface area contributed by atoms with Crippen molar-refractivity contribution in [3.63, 3.8) is 0 Å². The van der Waals surface area contributed by atoms with E-state index in [1.54, 1.807) is 0 Å². The van der Waals surface area contributed by atoms with Crippen LogP contribution in [0.3, 0.4) is 0 Å². The van der Waals surface area contributed by atoms with Gasteiger partial charge in [-0.15, -0.1) is 0 Å². The minimum Gasteiger partial charge on any atom is -0.477 e. The zero-order valence-electron chi connectivity index (χ0n) is 5.87. The van der Waals surface area contributed by atoms with Crippen LogP contribution in [0.5, 0.6) is 0 Å². The average molecular weight is 173 g/mol. The fraction of sp³-hybridized carbons (Fsp3) is 0.143. The molecule has 12 heavy (non-hydrogen) atoms. The summed E-state index contributed by atoms with van der Waals surface area (Å²) in [5.74, 6) is -6.02. The Labute approximate surface area is 66.7 Å². The van der Waals surface area contributed by atoms with E-state index >= 15 is 0 Å². The SMILES string of the molecule is O=C(O)C(F)(F)c1cccnc1. The standard InChI is InChI=1S/C7H5F2NO2/c8-7(9,6(11)12)5-2-1-3-10-4-5/h1-4H,(H,11,12). The maximum atomic E-state index is 12.6. The number of aromatic nitrogens is 1. The molecule has 0 saturated heterocycles. The molecule has 0 bridgehead atoms. The highest BCUT2D eigenvalue weighted by Gasteiger charge is 2.41. The topological polar surface area (TPSA) is 50.2 Å². The fourth-order valence-corrected chi connectivity index (χ4v) is 0.672. The molecule has 0 aliphatic heterocycles. The van der Waals surface area contributed by atoms with Crippen molar-refractivity contribution in [2.75, 3.05) is 0 Å². The lowest BCUT2D eigenvalue weighted by molar-refractivity contribution is -0.166. The maximum Gasteiger partial charge on any atom is 0.379 e. The number of carboxylic acids is 1. The van der Waals surface area contributed by atoms with Gasteiger partial charge in [-0.1, -0.05) is 0 Å². The molecule has 0 amide bonds. The second-order valence-corrected chi connectivity index (χ2v) is 2.12. The number of carboxylic acid groups (broad SMARTS) is 1. The summed E-state index contributed by atoms with van der Waals surface area (Å²) in [6.07, 6.45) is 2.12. The van der Waals surface area contributed by atoms with Crippen LogP contribution in [0.15, 0.2) is 24.5 Å². The number of hydrogen-bond acceptors (Lipinski definition) is 2. The smallest absolute Gasteiger partial charge is 0.379 e. The molecule has 5 heteroatoms. The monoisotopic (exact) mass is 173 g/mol. The molecule has 1 heterocycles. The average Bonchev–Trinajstić information content (AvgIpc) is 2.06. The number of carbonyl (C=O) groups is 1. The van der Waals surface area contributed by atoms with Gasteiger partial charge < -0.3 is 5.11 Å². The van der Waals surface area contributed by atoms with Gasteiger partial charge in [0.15, 0.2) is 0 Å². The van der Waals surface area contributed by atoms with Gasteiger partial charge in [0.25, 0.3) is 0 Å². The van der Waals surface area contributed by atoms with Gasteiger partial charge in [-0.05, 0) is 12.1 Å². The highest BCUT2D eigenvalue weighted by atomic mass is 19.3. The number of nitrogens with zero attached hydrogens (tertiary/aromatic N) is 1. The predicted octanol–water partition coefficient (Wildman–Crippen LogP) is 1.26. The van der Waals surface area contributed by atoms with Crippen LogP contribution in [-0.4, -0.2) is 16.1 Å². The second-order valence-electron chi connectivity index (χ2n) is 2.12. The number of alkyl halides is 2. The van der Waals surface area contributed by atoms with Crippen molar-refractivity contribution in [2.45, 2.75) is 5.92 Å². The first kappa shape index (κ1) is 8.58. The van der Waals surface area contributed by atoms with Gasteiger partial charge in [0.2, 0.25) is 0 Å². The van der Waals surface area contributed by atoms with E-state index in [2.05, 4.69) is 4.98 Å². The molecular formula is C7H5F2NO2. The first-order valence-corrected chi connectivity index (χ1v) is 3.07. The zero-order chi connectivity index (χ0) is 9.19. The molecule has 1 aromatic rings. The normalized spacial score (nSPS) is 11.2. The van der Waals surface area contributed by atoms with Crippen molar-refractivity contribution in [1.82, 2.24) is 4.98 Å². The van der Waals surface area contributed by atoms with E-state index in [0.29, 0.717) is 0 Å². The largest absolute Gasteiger partial charge is 0.477 e. The lowest BCUT2D eigenvalue weighted by atomic mass is 10.1. The van der Waals surface area contributed by atoms with Gasteiger partial charge >= 0.3 is 11.9 Å². The molecule has 0 aliphatic carbocycles. The lowest BCUT2D eigenvalue weighted by Crippen LogP contribution is -2.25. The van der Waals surface area contributed by atoms with Gasteiger partial charge in [-0.2, -0.15) is 8.78 Å². The van der Waals surface area contributed by atoms with Gasteiger partial charge in [0, 0.05) is 12.4 Å². The number of rotatable bonds is 2. The number of aliphatic carboxylic acids is 1. The third-order valence-corrected chi connectivity index (χ3v) is 1.29. The predicted molar refractivity (Wildman–Crippen MR) is 35.8 cm³/mol. The molecule has 0 unspecified atom stereocenters. The Kier molecular flexibility index (Phi) is 2.03. The van der Waals surface area contributed by atoms with Crippen molar-refractivity contribution in [3.8, 4) is 0 Å². The maximum absolute atomic E-state index is 12.6. The fourth-order valence-electron chi connectivity index (χ4n) is 0.672. The van der Waals surface area contributed by atoms with Gasteiger partial charge in [0.1, 0.15) is 0 Å². The first-order valence-electron chi connectivity index (χ1n) is 3.07. The van der Waals surface area contributed by atoms with E-state index < -0.39 is 17.5 Å². The molecule has 0 saturated carbocycles. The molecule has 0 spiro atoms. The van der Waals surface area contributed by atoms with E-state index in [0.717, 1.165) is 12.3 Å². The van der Waals surface area contributed by atoms with Crippen LogP contribution < -0.4 is 0 Å². The summed E-state index contributed by atoms with van der Waals surface area (Å²) in [5.41, 5.74) is -0.613. The van der Waals surface area contributed by atoms with E-state index in [-0.39, 0.29) is 0 Å². The molecule has 0 aromatic carbocycles. The van der Waals surface area contributed by atoms with Crippen LogP contribution in [0.25, 0.3) is 0 Å². The van der Waals surface area contributed by atoms with Crippen molar-refractivity contribution in [2.24, 2.45) is 0 Å². The second kappa shape index (κ2) is 2.84. The van der Waals surface area contributed by atoms with Gasteiger partial charge in [-0.3, -0.25) is 4.98 Å². The first-order chi connectivity index (χ1) is 5.55. The summed E-state index contributed by atoms with van der Waals surface area (Å²) in [4.78, 5) is 13.4. The van der Waals surface area contributed by atoms with Crippen molar-refractivity contribution in [1.29, 1.82) is 0 Å². The minimum atomic E-state index is -3.85. The molecule has 1 N–H and O–H groups in total. The van der Waals surface area contributed by atoms with E-state index in [1.165, 1.54) is 12.3 Å². The Morgan fingerprint density at radius 3 is 2.67 bits per heavy atom. The molecule has 0 fully saturated rings. The third kappa shape index (κ3) is 1.39. The van der Waals surface area contributed by atoms with Crippen LogP contribution in [0.1, 0.15) is 5.56 Å². The Morgan fingerprint density at radius 1 is 1.58 bits per heavy atom. The molecular weight excluding hydrogens is 168 g/mol. The highest BCUT2D eigenvalue weighted by molar-refractivity contribution is 5.77. The summed E-state index contributed by atoms with van der Waals surface area (Å²) in [6, 6.07) is 2.27. The highest BCUT2D eigenvalue weighted by Crippen LogP contribution is 2.26. The van der Waals surface area contributed by atoms with Gasteiger partial charge in [0.05, 0.1) is 5.56 Å². The Morgan fingerprint density at radius 2 is 2.25 bits per heavy atom. The van der Waals surface area contributed by atoms with E-state index in [4.69, 9.17) is 5.11 Å². The third-order valence-electron chi connectivity index (χ3n) is 1.29. The molecule has 0 atom stereocenters. The summed E-state index contributed by atoms with van der Waals surface area (Å²) < 4.78 is 25.3.